The molecule has 3 aromatic carbocycles. The number of benzene rings is 3. The lowest BCUT2D eigenvalue weighted by molar-refractivity contribution is -0.384. The van der Waals surface area contributed by atoms with Gasteiger partial charge in [-0.25, -0.2) is 0 Å². The van der Waals surface area contributed by atoms with Crippen molar-refractivity contribution < 1.29 is 28.7 Å². The predicted molar refractivity (Wildman–Crippen MR) is 123 cm³/mol. The first kappa shape index (κ1) is 21.9. The molecule has 0 N–H and O–H groups in total. The van der Waals surface area contributed by atoms with E-state index in [0.29, 0.717) is 45.6 Å². The van der Waals surface area contributed by atoms with Crippen LogP contribution < -0.4 is 14.2 Å². The number of allylic oxidation sites excluding steroid dienone is 1. The third kappa shape index (κ3) is 4.21. The number of rotatable bonds is 5. The summed E-state index contributed by atoms with van der Waals surface area (Å²) in [6, 6.07) is 12.9. The van der Waals surface area contributed by atoms with Gasteiger partial charge in [-0.2, -0.15) is 0 Å². The zero-order valence-electron chi connectivity index (χ0n) is 18.0. The number of Topliss-reactive ketones (excluding diaryl/α,β-unsaturated/α-hetero) is 1. The molecule has 0 saturated carbocycles. The minimum absolute atomic E-state index is 0.0272. The number of nitrogens with zero attached hydrogens (tertiary/aromatic N) is 1. The van der Waals surface area contributed by atoms with Gasteiger partial charge in [0.05, 0.1) is 17.1 Å². The number of carbonyl (C=O) groups is 1. The zero-order valence-corrected chi connectivity index (χ0v) is 18.8. The van der Waals surface area contributed by atoms with E-state index in [1.807, 2.05) is 6.92 Å². The Morgan fingerprint density at radius 3 is 2.74 bits per heavy atom. The van der Waals surface area contributed by atoms with Crippen LogP contribution in [0.15, 0.2) is 54.3 Å². The molecule has 0 radical (unpaired) electrons. The van der Waals surface area contributed by atoms with Crippen molar-refractivity contribution in [3.05, 3.63) is 97.2 Å². The van der Waals surface area contributed by atoms with Gasteiger partial charge in [-0.15, -0.1) is 0 Å². The number of ether oxygens (including phenoxy) is 4. The Morgan fingerprint density at radius 1 is 1.18 bits per heavy atom. The molecule has 0 unspecified atom stereocenters. The summed E-state index contributed by atoms with van der Waals surface area (Å²) in [5.74, 6) is 1.51. The summed E-state index contributed by atoms with van der Waals surface area (Å²) in [5.41, 5.74) is 3.41. The van der Waals surface area contributed by atoms with Gasteiger partial charge >= 0.3 is 0 Å². The fourth-order valence-electron chi connectivity index (χ4n) is 3.93. The van der Waals surface area contributed by atoms with E-state index < -0.39 is 4.92 Å². The molecular weight excluding hydrogens is 462 g/mol. The molecule has 9 heteroatoms. The van der Waals surface area contributed by atoms with Crippen LogP contribution in [-0.4, -0.2) is 17.5 Å². The van der Waals surface area contributed by atoms with Gasteiger partial charge in [-0.1, -0.05) is 11.6 Å². The molecule has 0 aliphatic carbocycles. The molecule has 34 heavy (non-hydrogen) atoms. The molecule has 0 saturated heterocycles. The van der Waals surface area contributed by atoms with Crippen molar-refractivity contribution in [2.24, 2.45) is 0 Å². The Morgan fingerprint density at radius 2 is 1.97 bits per heavy atom. The highest BCUT2D eigenvalue weighted by Gasteiger charge is 2.30. The molecule has 8 nitrogen and oxygen atoms in total. The minimum atomic E-state index is -0.478. The van der Waals surface area contributed by atoms with E-state index >= 15 is 0 Å². The number of aryl methyl sites for hydroxylation is 1. The minimum Gasteiger partial charge on any atom is -0.489 e. The van der Waals surface area contributed by atoms with E-state index in [4.69, 9.17) is 30.5 Å². The van der Waals surface area contributed by atoms with Crippen LogP contribution in [0.2, 0.25) is 5.02 Å². The maximum Gasteiger partial charge on any atom is 0.269 e. The molecule has 0 amide bonds. The van der Waals surface area contributed by atoms with E-state index in [1.54, 1.807) is 42.5 Å². The molecule has 0 fully saturated rings. The van der Waals surface area contributed by atoms with Crippen molar-refractivity contribution in [3.63, 3.8) is 0 Å². The maximum absolute atomic E-state index is 12.9. The summed E-state index contributed by atoms with van der Waals surface area (Å²) in [5, 5.41) is 11.4. The summed E-state index contributed by atoms with van der Waals surface area (Å²) in [6.07, 6.45) is 1.56. The Balaban J connectivity index is 1.37. The highest BCUT2D eigenvalue weighted by molar-refractivity contribution is 6.30. The van der Waals surface area contributed by atoms with Gasteiger partial charge in [0, 0.05) is 34.3 Å². The third-order valence-electron chi connectivity index (χ3n) is 5.49. The molecule has 2 aliphatic heterocycles. The van der Waals surface area contributed by atoms with Crippen molar-refractivity contribution in [1.82, 2.24) is 0 Å². The van der Waals surface area contributed by atoms with Crippen LogP contribution in [0.25, 0.3) is 6.08 Å². The standard InChI is InChI=1S/C25H18ClNO7/c1-14-6-20(32-12-17-9-18(26)8-16-11-31-13-33-25(16)17)10-21-23(14)24(28)22(34-21)7-15-2-4-19(5-3-15)27(29)30/h2-10H,11-13H2,1H3/b22-7-. The lowest BCUT2D eigenvalue weighted by atomic mass is 10.0. The molecule has 0 aromatic heterocycles. The molecule has 5 rings (SSSR count). The van der Waals surface area contributed by atoms with E-state index in [9.17, 15) is 14.9 Å². The summed E-state index contributed by atoms with van der Waals surface area (Å²) in [4.78, 5) is 23.3. The first-order valence-corrected chi connectivity index (χ1v) is 10.7. The summed E-state index contributed by atoms with van der Waals surface area (Å²) >= 11 is 6.22. The van der Waals surface area contributed by atoms with Crippen molar-refractivity contribution in [3.8, 4) is 17.2 Å². The van der Waals surface area contributed by atoms with Gasteiger partial charge < -0.3 is 18.9 Å². The van der Waals surface area contributed by atoms with Crippen LogP contribution in [0.5, 0.6) is 17.2 Å². The Kier molecular flexibility index (Phi) is 5.69. The van der Waals surface area contributed by atoms with Gasteiger partial charge in [-0.05, 0) is 54.5 Å². The Hall–Kier alpha value is -3.88. The molecular formula is C25H18ClNO7. The predicted octanol–water partition coefficient (Wildman–Crippen LogP) is 5.62. The maximum atomic E-state index is 12.9. The normalized spacial score (nSPS) is 15.4. The lowest BCUT2D eigenvalue weighted by Gasteiger charge is -2.21. The fourth-order valence-corrected chi connectivity index (χ4v) is 4.19. The monoisotopic (exact) mass is 479 g/mol. The number of fused-ring (bicyclic) bond motifs is 2. The molecule has 3 aromatic rings. The quantitative estimate of drug-likeness (QED) is 0.266. The second-order valence-electron chi connectivity index (χ2n) is 7.85. The second-order valence-corrected chi connectivity index (χ2v) is 8.29. The van der Waals surface area contributed by atoms with Gasteiger partial charge in [0.1, 0.15) is 23.9 Å². The molecule has 0 atom stereocenters. The van der Waals surface area contributed by atoms with Crippen LogP contribution >= 0.6 is 11.6 Å². The fraction of sp³-hybridized carbons (Fsp3) is 0.160. The summed E-state index contributed by atoms with van der Waals surface area (Å²) in [7, 11) is 0. The van der Waals surface area contributed by atoms with Crippen molar-refractivity contribution in [2.45, 2.75) is 20.1 Å². The van der Waals surface area contributed by atoms with Crippen LogP contribution in [0.3, 0.4) is 0 Å². The molecule has 2 heterocycles. The van der Waals surface area contributed by atoms with Crippen molar-refractivity contribution in [2.75, 3.05) is 6.79 Å². The van der Waals surface area contributed by atoms with E-state index in [1.165, 1.54) is 12.1 Å². The second kappa shape index (κ2) is 8.81. The number of hydrogen-bond donors (Lipinski definition) is 0. The lowest BCUT2D eigenvalue weighted by Crippen LogP contribution is -2.14. The van der Waals surface area contributed by atoms with E-state index in [-0.39, 0.29) is 30.6 Å². The number of halogens is 1. The number of hydrogen-bond acceptors (Lipinski definition) is 7. The van der Waals surface area contributed by atoms with Crippen LogP contribution in [0.4, 0.5) is 5.69 Å². The average molecular weight is 480 g/mol. The van der Waals surface area contributed by atoms with E-state index in [0.717, 1.165) is 11.1 Å². The molecule has 2 aliphatic rings. The Bertz CT molecular complexity index is 1350. The van der Waals surface area contributed by atoms with Gasteiger partial charge in [0.2, 0.25) is 5.78 Å². The SMILES string of the molecule is Cc1cc(OCc2cc(Cl)cc3c2OCOC3)cc2c1C(=O)/C(=C/c1ccc([N+](=O)[O-])cc1)O2. The summed E-state index contributed by atoms with van der Waals surface area (Å²) in [6.45, 7) is 2.60. The van der Waals surface area contributed by atoms with Gasteiger partial charge in [-0.3, -0.25) is 14.9 Å². The van der Waals surface area contributed by atoms with E-state index in [2.05, 4.69) is 0 Å². The topological polar surface area (TPSA) is 97.1 Å². The smallest absolute Gasteiger partial charge is 0.269 e. The molecule has 0 spiro atoms. The Labute approximate surface area is 199 Å². The molecule has 0 bridgehead atoms. The van der Waals surface area contributed by atoms with Crippen molar-refractivity contribution in [1.29, 1.82) is 0 Å². The van der Waals surface area contributed by atoms with Crippen LogP contribution in [0, 0.1) is 17.0 Å². The first-order chi connectivity index (χ1) is 16.4. The van der Waals surface area contributed by atoms with Crippen molar-refractivity contribution >= 4 is 29.1 Å². The van der Waals surface area contributed by atoms with Crippen LogP contribution in [0.1, 0.15) is 32.6 Å². The zero-order chi connectivity index (χ0) is 23.8. The number of ketones is 1. The summed E-state index contributed by atoms with van der Waals surface area (Å²) < 4.78 is 22.7. The highest BCUT2D eigenvalue weighted by atomic mass is 35.5. The first-order valence-electron chi connectivity index (χ1n) is 10.4. The van der Waals surface area contributed by atoms with Gasteiger partial charge in [0.15, 0.2) is 12.6 Å². The number of non-ortho nitro benzene ring substituents is 1. The largest absolute Gasteiger partial charge is 0.489 e. The molecule has 172 valence electrons. The highest BCUT2D eigenvalue weighted by Crippen LogP contribution is 2.38. The number of nitro benzene ring substituents is 1. The third-order valence-corrected chi connectivity index (χ3v) is 5.71. The average Bonchev–Trinajstić information content (AvgIpc) is 3.13. The number of nitro groups is 1. The van der Waals surface area contributed by atoms with Crippen LogP contribution in [-0.2, 0) is 18.0 Å². The number of carbonyl (C=O) groups excluding carboxylic acids is 1. The van der Waals surface area contributed by atoms with Gasteiger partial charge in [0.25, 0.3) is 5.69 Å².